The van der Waals surface area contributed by atoms with Gasteiger partial charge in [0.2, 0.25) is 23.6 Å². The van der Waals surface area contributed by atoms with Gasteiger partial charge >= 0.3 is 12.2 Å². The zero-order chi connectivity index (χ0) is 47.4. The van der Waals surface area contributed by atoms with Crippen molar-refractivity contribution in [3.63, 3.8) is 0 Å². The van der Waals surface area contributed by atoms with Crippen LogP contribution in [0.3, 0.4) is 0 Å². The maximum absolute atomic E-state index is 13.8. The molecule has 1 aromatic heterocycles. The minimum Gasteiger partial charge on any atom is -0.429 e. The topological polar surface area (TPSA) is 282 Å². The number of non-ortho nitro benzene ring substituents is 1. The Morgan fingerprint density at radius 1 is 0.727 bits per heavy atom. The largest absolute Gasteiger partial charge is 0.514 e. The minimum atomic E-state index is -1.10. The number of hydrogen-bond acceptors (Lipinski definition) is 15. The van der Waals surface area contributed by atoms with Crippen LogP contribution in [-0.4, -0.2) is 103 Å². The fourth-order valence-electron chi connectivity index (χ4n) is 5.67. The molecule has 0 aliphatic heterocycles. The first-order valence-electron chi connectivity index (χ1n) is 20.7. The van der Waals surface area contributed by atoms with E-state index >= 15 is 0 Å². The summed E-state index contributed by atoms with van der Waals surface area (Å²) in [5.74, 6) is -1.03. The lowest BCUT2D eigenvalue weighted by molar-refractivity contribution is -0.384. The molecule has 0 bridgehead atoms. The number of nitro groups is 1. The van der Waals surface area contributed by atoms with Gasteiger partial charge < -0.3 is 51.3 Å². The first-order chi connectivity index (χ1) is 31.9. The van der Waals surface area contributed by atoms with E-state index in [1.165, 1.54) is 35.1 Å². The SMILES string of the molecule is NC(=O)NCCCC(NC(=O)C(Cc1ccccc1)NC(=O)CCOCCOCCNC(=O)CCSSc1ccccn1)C(=O)Nc1ccc(COC(=O)Oc2ccc([N+](=O)[O-])cc2)cc1. The first-order valence-corrected chi connectivity index (χ1v) is 23.1. The van der Waals surface area contributed by atoms with Crippen LogP contribution in [0.2, 0.25) is 0 Å². The van der Waals surface area contributed by atoms with Gasteiger partial charge in [-0.25, -0.2) is 14.6 Å². The minimum absolute atomic E-state index is 0.0505. The van der Waals surface area contributed by atoms with E-state index in [1.54, 1.807) is 65.5 Å². The molecule has 4 aromatic rings. The number of aromatic nitrogens is 1. The van der Waals surface area contributed by atoms with Crippen molar-refractivity contribution in [2.24, 2.45) is 5.73 Å². The highest BCUT2D eigenvalue weighted by Crippen LogP contribution is 2.29. The van der Waals surface area contributed by atoms with Gasteiger partial charge in [-0.1, -0.05) is 59.3 Å². The molecule has 7 N–H and O–H groups in total. The molecule has 0 saturated heterocycles. The highest BCUT2D eigenvalue weighted by atomic mass is 33.1. The van der Waals surface area contributed by atoms with Crippen LogP contribution in [0.1, 0.15) is 36.8 Å². The highest BCUT2D eigenvalue weighted by molar-refractivity contribution is 8.76. The van der Waals surface area contributed by atoms with Crippen molar-refractivity contribution in [2.45, 2.75) is 55.8 Å². The fraction of sp³-hybridized carbons (Fsp3) is 0.341. The van der Waals surface area contributed by atoms with Gasteiger partial charge in [0, 0.05) is 62.1 Å². The molecule has 0 fully saturated rings. The van der Waals surface area contributed by atoms with Crippen LogP contribution in [-0.2, 0) is 46.4 Å². The number of hydrogen-bond donors (Lipinski definition) is 6. The third-order valence-corrected chi connectivity index (χ3v) is 11.2. The molecule has 1 heterocycles. The van der Waals surface area contributed by atoms with Gasteiger partial charge in [-0.2, -0.15) is 0 Å². The molecule has 22 heteroatoms. The van der Waals surface area contributed by atoms with Crippen molar-refractivity contribution in [1.82, 2.24) is 26.3 Å². The van der Waals surface area contributed by atoms with Crippen molar-refractivity contribution >= 4 is 68.8 Å². The van der Waals surface area contributed by atoms with Gasteiger partial charge in [0.1, 0.15) is 29.5 Å². The number of benzene rings is 3. The number of nitrogens with zero attached hydrogens (tertiary/aromatic N) is 2. The van der Waals surface area contributed by atoms with E-state index in [0.29, 0.717) is 36.6 Å². The number of anilines is 1. The lowest BCUT2D eigenvalue weighted by atomic mass is 10.0. The van der Waals surface area contributed by atoms with Crippen LogP contribution < -0.4 is 37.1 Å². The van der Waals surface area contributed by atoms with Gasteiger partial charge in [-0.3, -0.25) is 29.3 Å². The maximum atomic E-state index is 13.8. The van der Waals surface area contributed by atoms with Crippen LogP contribution in [0.25, 0.3) is 0 Å². The number of nitro benzene ring substituents is 1. The van der Waals surface area contributed by atoms with Crippen LogP contribution in [0, 0.1) is 10.1 Å². The van der Waals surface area contributed by atoms with Crippen LogP contribution in [0.5, 0.6) is 5.75 Å². The Morgan fingerprint density at radius 2 is 1.45 bits per heavy atom. The molecule has 0 radical (unpaired) electrons. The molecule has 66 heavy (non-hydrogen) atoms. The zero-order valence-electron chi connectivity index (χ0n) is 35.8. The number of carbonyl (C=O) groups excluding carboxylic acids is 6. The lowest BCUT2D eigenvalue weighted by Crippen LogP contribution is -2.53. The number of rotatable bonds is 29. The summed E-state index contributed by atoms with van der Waals surface area (Å²) in [5, 5.41) is 25.3. The van der Waals surface area contributed by atoms with Gasteiger partial charge in [-0.05, 0) is 71.2 Å². The van der Waals surface area contributed by atoms with E-state index < -0.39 is 46.9 Å². The summed E-state index contributed by atoms with van der Waals surface area (Å²) in [6.45, 7) is 1.09. The average Bonchev–Trinajstić information content (AvgIpc) is 3.31. The third kappa shape index (κ3) is 21.3. The lowest BCUT2D eigenvalue weighted by Gasteiger charge is -2.23. The highest BCUT2D eigenvalue weighted by Gasteiger charge is 2.27. The molecule has 0 aliphatic rings. The summed E-state index contributed by atoms with van der Waals surface area (Å²) in [5.41, 5.74) is 6.70. The quantitative estimate of drug-likeness (QED) is 0.0108. The Kier molecular flexibility index (Phi) is 23.3. The first kappa shape index (κ1) is 51.9. The second-order valence-corrected chi connectivity index (χ2v) is 16.5. The van der Waals surface area contributed by atoms with Crippen molar-refractivity contribution in [3.8, 4) is 5.75 Å². The Hall–Kier alpha value is -6.75. The van der Waals surface area contributed by atoms with Crippen LogP contribution in [0.4, 0.5) is 21.0 Å². The molecule has 0 spiro atoms. The monoisotopic (exact) mass is 948 g/mol. The second kappa shape index (κ2) is 29.6. The van der Waals surface area contributed by atoms with Crippen molar-refractivity contribution in [3.05, 3.63) is 124 Å². The number of nitrogens with one attached hydrogen (secondary N) is 5. The predicted octanol–water partition coefficient (Wildman–Crippen LogP) is 4.67. The number of nitrogens with two attached hydrogens (primary N) is 1. The fourth-order valence-corrected chi connectivity index (χ4v) is 7.54. The standard InChI is InChI=1S/C44H52N8O12S2/c45-43(57)48-22-6-9-36(41(55)49-33-13-11-32(12-14-33)30-63-44(58)64-35-17-15-34(16-18-35)52(59)60)51-42(56)37(29-31-7-2-1-3-8-31)50-39(54)19-24-61-26-27-62-25-23-46-38(53)20-28-65-66-40-10-4-5-21-47-40/h1-5,7-8,10-18,21,36-37H,6,9,19-20,22-30H2,(H,46,53)(H,49,55)(H,50,54)(H,51,56)(H3,45,48,57). The molecule has 2 unspecified atom stereocenters. The second-order valence-electron chi connectivity index (χ2n) is 14.0. The third-order valence-electron chi connectivity index (χ3n) is 8.97. The molecular formula is C44H52N8O12S2. The predicted molar refractivity (Wildman–Crippen MR) is 246 cm³/mol. The summed E-state index contributed by atoms with van der Waals surface area (Å²) in [6.07, 6.45) is 1.48. The number of urea groups is 1. The van der Waals surface area contributed by atoms with E-state index in [9.17, 15) is 38.9 Å². The molecule has 4 rings (SSSR count). The van der Waals surface area contributed by atoms with E-state index in [-0.39, 0.29) is 76.0 Å². The molecule has 20 nitrogen and oxygen atoms in total. The van der Waals surface area contributed by atoms with E-state index in [0.717, 1.165) is 10.6 Å². The number of carbonyl (C=O) groups is 6. The molecule has 0 aliphatic carbocycles. The van der Waals surface area contributed by atoms with Crippen LogP contribution >= 0.6 is 21.6 Å². The number of primary amides is 1. The normalized spacial score (nSPS) is 11.6. The molecule has 6 amide bonds. The molecule has 2 atom stereocenters. The zero-order valence-corrected chi connectivity index (χ0v) is 37.5. The van der Waals surface area contributed by atoms with Gasteiger partial charge in [-0.15, -0.1) is 0 Å². The maximum Gasteiger partial charge on any atom is 0.514 e. The number of pyridine rings is 1. The Bertz CT molecular complexity index is 2160. The van der Waals surface area contributed by atoms with Gasteiger partial charge in [0.15, 0.2) is 0 Å². The van der Waals surface area contributed by atoms with Crippen molar-refractivity contribution in [1.29, 1.82) is 0 Å². The summed E-state index contributed by atoms with van der Waals surface area (Å²) >= 11 is 0. The Morgan fingerprint density at radius 3 is 2.15 bits per heavy atom. The summed E-state index contributed by atoms with van der Waals surface area (Å²) < 4.78 is 21.3. The van der Waals surface area contributed by atoms with Crippen molar-refractivity contribution in [2.75, 3.05) is 50.6 Å². The summed E-state index contributed by atoms with van der Waals surface area (Å²) in [6, 6.07) is 23.0. The van der Waals surface area contributed by atoms with Gasteiger partial charge in [0.25, 0.3) is 5.69 Å². The van der Waals surface area contributed by atoms with Gasteiger partial charge in [0.05, 0.1) is 31.4 Å². The van der Waals surface area contributed by atoms with Crippen LogP contribution in [0.15, 0.2) is 108 Å². The molecule has 0 saturated carbocycles. The van der Waals surface area contributed by atoms with E-state index in [1.807, 2.05) is 24.3 Å². The van der Waals surface area contributed by atoms with E-state index in [4.69, 9.17) is 24.7 Å². The van der Waals surface area contributed by atoms with Crippen molar-refractivity contribution < 1.29 is 52.6 Å². The summed E-state index contributed by atoms with van der Waals surface area (Å²) in [4.78, 5) is 90.5. The Labute approximate surface area is 388 Å². The smallest absolute Gasteiger partial charge is 0.429 e. The average molecular weight is 949 g/mol. The summed E-state index contributed by atoms with van der Waals surface area (Å²) in [7, 11) is 3.07. The van der Waals surface area contributed by atoms with E-state index in [2.05, 4.69) is 31.6 Å². The molecular weight excluding hydrogens is 897 g/mol. The Balaban J connectivity index is 1.21. The molecule has 352 valence electrons. The number of ether oxygens (including phenoxy) is 4. The number of amides is 6. The molecule has 3 aromatic carbocycles.